The number of amides is 2. The molecule has 0 saturated carbocycles. The molecule has 1 aromatic heterocycles. The second kappa shape index (κ2) is 7.09. The molecule has 3 rings (SSSR count). The molecule has 0 spiro atoms. The lowest BCUT2D eigenvalue weighted by molar-refractivity contribution is 0.102. The summed E-state index contributed by atoms with van der Waals surface area (Å²) < 4.78 is 5.85. The quantitative estimate of drug-likeness (QED) is 0.946. The average molecular weight is 312 g/mol. The third-order valence-electron chi connectivity index (χ3n) is 3.75. The lowest BCUT2D eigenvalue weighted by Gasteiger charge is -2.32. The molecule has 0 radical (unpaired) electrons. The zero-order valence-corrected chi connectivity index (χ0v) is 13.1. The summed E-state index contributed by atoms with van der Waals surface area (Å²) in [7, 11) is 0. The number of carbonyl (C=O) groups excluding carboxylic acids is 1. The van der Waals surface area contributed by atoms with E-state index in [1.54, 1.807) is 4.90 Å². The Bertz CT molecular complexity index is 645. The van der Waals surface area contributed by atoms with Gasteiger partial charge in [0.05, 0.1) is 12.2 Å². The summed E-state index contributed by atoms with van der Waals surface area (Å²) in [6.07, 6.45) is 1.76. The topological polar surface area (TPSA) is 67.3 Å². The van der Waals surface area contributed by atoms with E-state index in [9.17, 15) is 4.79 Å². The van der Waals surface area contributed by atoms with Crippen molar-refractivity contribution in [3.8, 4) is 5.88 Å². The summed E-state index contributed by atoms with van der Waals surface area (Å²) in [6, 6.07) is 13.0. The molecule has 1 atom stereocenters. The second-order valence-corrected chi connectivity index (χ2v) is 5.64. The SMILES string of the molecule is Cc1ccc(OC2CCCN(C(=O)Nc3ccccc3)C2)nn1. The fraction of sp³-hybridized carbons (Fsp3) is 0.353. The van der Waals surface area contributed by atoms with Crippen LogP contribution in [-0.2, 0) is 0 Å². The van der Waals surface area contributed by atoms with Gasteiger partial charge in [-0.2, -0.15) is 5.10 Å². The van der Waals surface area contributed by atoms with Gasteiger partial charge in [0, 0.05) is 18.3 Å². The molecule has 1 aliphatic heterocycles. The van der Waals surface area contributed by atoms with Crippen molar-refractivity contribution < 1.29 is 9.53 Å². The highest BCUT2D eigenvalue weighted by molar-refractivity contribution is 5.89. The maximum Gasteiger partial charge on any atom is 0.321 e. The van der Waals surface area contributed by atoms with Gasteiger partial charge in [0.15, 0.2) is 0 Å². The maximum absolute atomic E-state index is 12.3. The lowest BCUT2D eigenvalue weighted by atomic mass is 10.1. The third-order valence-corrected chi connectivity index (χ3v) is 3.75. The molecule has 1 unspecified atom stereocenters. The minimum atomic E-state index is -0.0977. The molecule has 1 aliphatic rings. The third kappa shape index (κ3) is 4.18. The summed E-state index contributed by atoms with van der Waals surface area (Å²) in [6.45, 7) is 3.17. The van der Waals surface area contributed by atoms with Gasteiger partial charge in [-0.05, 0) is 38.0 Å². The number of nitrogens with zero attached hydrogens (tertiary/aromatic N) is 3. The van der Waals surface area contributed by atoms with Crippen molar-refractivity contribution in [1.29, 1.82) is 0 Å². The average Bonchev–Trinajstić information content (AvgIpc) is 2.58. The molecule has 1 N–H and O–H groups in total. The van der Waals surface area contributed by atoms with Crippen LogP contribution >= 0.6 is 0 Å². The van der Waals surface area contributed by atoms with E-state index < -0.39 is 0 Å². The number of urea groups is 1. The molecule has 6 nitrogen and oxygen atoms in total. The molecule has 0 bridgehead atoms. The van der Waals surface area contributed by atoms with Gasteiger partial charge in [0.25, 0.3) is 0 Å². The minimum Gasteiger partial charge on any atom is -0.471 e. The van der Waals surface area contributed by atoms with E-state index in [1.807, 2.05) is 49.4 Å². The number of aryl methyl sites for hydroxylation is 1. The zero-order valence-electron chi connectivity index (χ0n) is 13.1. The van der Waals surface area contributed by atoms with Crippen LogP contribution < -0.4 is 10.1 Å². The van der Waals surface area contributed by atoms with Crippen LogP contribution in [0.4, 0.5) is 10.5 Å². The molecule has 1 saturated heterocycles. The molecule has 0 aliphatic carbocycles. The van der Waals surface area contributed by atoms with Crippen molar-refractivity contribution in [3.05, 3.63) is 48.2 Å². The van der Waals surface area contributed by atoms with E-state index in [-0.39, 0.29) is 12.1 Å². The van der Waals surface area contributed by atoms with Crippen LogP contribution in [0.25, 0.3) is 0 Å². The lowest BCUT2D eigenvalue weighted by Crippen LogP contribution is -2.46. The summed E-state index contributed by atoms with van der Waals surface area (Å²) in [5.41, 5.74) is 1.65. The predicted molar refractivity (Wildman–Crippen MR) is 87.5 cm³/mol. The van der Waals surface area contributed by atoms with Crippen molar-refractivity contribution in [1.82, 2.24) is 15.1 Å². The van der Waals surface area contributed by atoms with E-state index >= 15 is 0 Å². The number of anilines is 1. The standard InChI is InChI=1S/C17H20N4O2/c1-13-9-10-16(20-19-13)23-15-8-5-11-21(12-15)17(22)18-14-6-3-2-4-7-14/h2-4,6-7,9-10,15H,5,8,11-12H2,1H3,(H,18,22). The Balaban J connectivity index is 1.57. The number of rotatable bonds is 3. The first-order valence-corrected chi connectivity index (χ1v) is 7.79. The Hall–Kier alpha value is -2.63. The van der Waals surface area contributed by atoms with Crippen molar-refractivity contribution in [2.24, 2.45) is 0 Å². The zero-order chi connectivity index (χ0) is 16.1. The van der Waals surface area contributed by atoms with E-state index in [2.05, 4.69) is 15.5 Å². The largest absolute Gasteiger partial charge is 0.471 e. The molecule has 120 valence electrons. The molecular weight excluding hydrogens is 292 g/mol. The molecule has 2 aromatic rings. The number of piperidine rings is 1. The number of nitrogens with one attached hydrogen (secondary N) is 1. The Morgan fingerprint density at radius 1 is 1.22 bits per heavy atom. The Morgan fingerprint density at radius 3 is 2.78 bits per heavy atom. The van der Waals surface area contributed by atoms with Gasteiger partial charge in [-0.3, -0.25) is 0 Å². The minimum absolute atomic E-state index is 0.0534. The number of hydrogen-bond acceptors (Lipinski definition) is 4. The van der Waals surface area contributed by atoms with Crippen LogP contribution in [0.3, 0.4) is 0 Å². The van der Waals surface area contributed by atoms with Gasteiger partial charge in [0.1, 0.15) is 6.10 Å². The summed E-state index contributed by atoms with van der Waals surface area (Å²) in [5, 5.41) is 10.9. The fourth-order valence-electron chi connectivity index (χ4n) is 2.56. The van der Waals surface area contributed by atoms with Gasteiger partial charge in [-0.1, -0.05) is 18.2 Å². The first-order chi connectivity index (χ1) is 11.2. The predicted octanol–water partition coefficient (Wildman–Crippen LogP) is 2.86. The highest BCUT2D eigenvalue weighted by atomic mass is 16.5. The normalized spacial score (nSPS) is 17.6. The number of benzene rings is 1. The van der Waals surface area contributed by atoms with Crippen LogP contribution in [0.1, 0.15) is 18.5 Å². The van der Waals surface area contributed by atoms with Gasteiger partial charge in [0.2, 0.25) is 5.88 Å². The second-order valence-electron chi connectivity index (χ2n) is 5.64. The van der Waals surface area contributed by atoms with Gasteiger partial charge < -0.3 is 15.0 Å². The smallest absolute Gasteiger partial charge is 0.321 e. The highest BCUT2D eigenvalue weighted by Crippen LogP contribution is 2.17. The molecule has 6 heteroatoms. The van der Waals surface area contributed by atoms with Crippen molar-refractivity contribution in [3.63, 3.8) is 0 Å². The molecule has 2 heterocycles. The number of carbonyl (C=O) groups is 1. The highest BCUT2D eigenvalue weighted by Gasteiger charge is 2.25. The van der Waals surface area contributed by atoms with Crippen LogP contribution in [0.2, 0.25) is 0 Å². The number of para-hydroxylation sites is 1. The number of likely N-dealkylation sites (tertiary alicyclic amines) is 1. The van der Waals surface area contributed by atoms with Crippen molar-refractivity contribution in [2.45, 2.75) is 25.9 Å². The van der Waals surface area contributed by atoms with E-state index in [4.69, 9.17) is 4.74 Å². The van der Waals surface area contributed by atoms with Crippen LogP contribution in [0, 0.1) is 6.92 Å². The molecule has 2 amide bonds. The molecule has 1 fully saturated rings. The number of ether oxygens (including phenoxy) is 1. The maximum atomic E-state index is 12.3. The molecular formula is C17H20N4O2. The Kier molecular flexibility index (Phi) is 4.71. The number of aromatic nitrogens is 2. The van der Waals surface area contributed by atoms with Crippen molar-refractivity contribution in [2.75, 3.05) is 18.4 Å². The summed E-state index contributed by atoms with van der Waals surface area (Å²) in [5.74, 6) is 0.505. The van der Waals surface area contributed by atoms with Crippen LogP contribution in [0.15, 0.2) is 42.5 Å². The first-order valence-electron chi connectivity index (χ1n) is 7.79. The van der Waals surface area contributed by atoms with E-state index in [0.29, 0.717) is 12.4 Å². The van der Waals surface area contributed by atoms with E-state index in [0.717, 1.165) is 30.8 Å². The first kappa shape index (κ1) is 15.3. The summed E-state index contributed by atoms with van der Waals surface area (Å²) >= 11 is 0. The Labute approximate surface area is 135 Å². The molecule has 1 aromatic carbocycles. The van der Waals surface area contributed by atoms with Gasteiger partial charge in [-0.25, -0.2) is 4.79 Å². The van der Waals surface area contributed by atoms with Gasteiger partial charge in [-0.15, -0.1) is 5.10 Å². The Morgan fingerprint density at radius 2 is 2.04 bits per heavy atom. The fourth-order valence-corrected chi connectivity index (χ4v) is 2.56. The number of hydrogen-bond donors (Lipinski definition) is 1. The van der Waals surface area contributed by atoms with Crippen molar-refractivity contribution >= 4 is 11.7 Å². The summed E-state index contributed by atoms with van der Waals surface area (Å²) in [4.78, 5) is 14.1. The van der Waals surface area contributed by atoms with Crippen LogP contribution in [0.5, 0.6) is 5.88 Å². The van der Waals surface area contributed by atoms with Crippen LogP contribution in [-0.4, -0.2) is 40.3 Å². The van der Waals surface area contributed by atoms with E-state index in [1.165, 1.54) is 0 Å². The molecule has 23 heavy (non-hydrogen) atoms. The monoisotopic (exact) mass is 312 g/mol. The van der Waals surface area contributed by atoms with Gasteiger partial charge >= 0.3 is 6.03 Å².